The van der Waals surface area contributed by atoms with E-state index in [1.54, 1.807) is 30.3 Å². The summed E-state index contributed by atoms with van der Waals surface area (Å²) in [5.74, 6) is -0.823. The normalized spacial score (nSPS) is 10.3. The first kappa shape index (κ1) is 14.9. The van der Waals surface area contributed by atoms with Crippen LogP contribution in [0.2, 0.25) is 0 Å². The van der Waals surface area contributed by atoms with E-state index in [0.29, 0.717) is 10.0 Å². The average Bonchev–Trinajstić information content (AvgIpc) is 2.48. The standard InChI is InChI=1S/C16H9BrFNO2/c17-13-5-6-15(18)12(9-13)4-7-16(20)21-14-3-1-2-11(8-14)10-19/h1-9H/b7-4+. The summed E-state index contributed by atoms with van der Waals surface area (Å²) >= 11 is 3.23. The van der Waals surface area contributed by atoms with E-state index in [9.17, 15) is 9.18 Å². The summed E-state index contributed by atoms with van der Waals surface area (Å²) in [4.78, 5) is 11.7. The van der Waals surface area contributed by atoms with Gasteiger partial charge in [0.15, 0.2) is 0 Å². The number of halogens is 2. The topological polar surface area (TPSA) is 50.1 Å². The van der Waals surface area contributed by atoms with Crippen LogP contribution >= 0.6 is 15.9 Å². The van der Waals surface area contributed by atoms with Crippen LogP contribution in [0.4, 0.5) is 4.39 Å². The predicted octanol–water partition coefficient (Wildman–Crippen LogP) is 4.08. The van der Waals surface area contributed by atoms with Crippen LogP contribution in [0.15, 0.2) is 53.0 Å². The van der Waals surface area contributed by atoms with Crippen molar-refractivity contribution < 1.29 is 13.9 Å². The molecule has 0 aliphatic rings. The van der Waals surface area contributed by atoms with Crippen LogP contribution in [0.3, 0.4) is 0 Å². The minimum atomic E-state index is -0.649. The molecule has 0 heterocycles. The zero-order valence-corrected chi connectivity index (χ0v) is 12.3. The van der Waals surface area contributed by atoms with Crippen molar-refractivity contribution in [3.05, 3.63) is 70.0 Å². The van der Waals surface area contributed by atoms with Gasteiger partial charge in [0.25, 0.3) is 0 Å². The Balaban J connectivity index is 2.09. The molecule has 3 nitrogen and oxygen atoms in total. The summed E-state index contributed by atoms with van der Waals surface area (Å²) in [6, 6.07) is 12.6. The lowest BCUT2D eigenvalue weighted by atomic mass is 10.2. The van der Waals surface area contributed by atoms with Gasteiger partial charge in [0.1, 0.15) is 11.6 Å². The molecule has 0 atom stereocenters. The van der Waals surface area contributed by atoms with Gasteiger partial charge in [-0.1, -0.05) is 22.0 Å². The SMILES string of the molecule is N#Cc1cccc(OC(=O)/C=C/c2cc(Br)ccc2F)c1. The first-order chi connectivity index (χ1) is 10.1. The van der Waals surface area contributed by atoms with Gasteiger partial charge >= 0.3 is 5.97 Å². The number of nitrogens with zero attached hydrogens (tertiary/aromatic N) is 1. The minimum absolute atomic E-state index is 0.262. The van der Waals surface area contributed by atoms with Crippen molar-refractivity contribution in [2.75, 3.05) is 0 Å². The molecule has 5 heteroatoms. The molecule has 0 N–H and O–H groups in total. The van der Waals surface area contributed by atoms with Gasteiger partial charge in [-0.05, 0) is 42.5 Å². The second kappa shape index (κ2) is 6.82. The van der Waals surface area contributed by atoms with Crippen LogP contribution in [0.1, 0.15) is 11.1 Å². The van der Waals surface area contributed by atoms with Crippen LogP contribution < -0.4 is 4.74 Å². The Hall–Kier alpha value is -2.45. The number of nitriles is 1. The Morgan fingerprint density at radius 2 is 2.10 bits per heavy atom. The quantitative estimate of drug-likeness (QED) is 0.478. The minimum Gasteiger partial charge on any atom is -0.423 e. The Morgan fingerprint density at radius 3 is 2.86 bits per heavy atom. The van der Waals surface area contributed by atoms with Gasteiger partial charge in [-0.3, -0.25) is 0 Å². The maximum atomic E-state index is 13.5. The summed E-state index contributed by atoms with van der Waals surface area (Å²) < 4.78 is 19.2. The second-order valence-corrected chi connectivity index (χ2v) is 4.98. The molecule has 0 aliphatic heterocycles. The third kappa shape index (κ3) is 4.26. The molecule has 0 bridgehead atoms. The van der Waals surface area contributed by atoms with Gasteiger partial charge in [-0.25, -0.2) is 9.18 Å². The molecule has 0 radical (unpaired) electrons. The number of carbonyl (C=O) groups is 1. The third-order valence-corrected chi connectivity index (χ3v) is 3.03. The van der Waals surface area contributed by atoms with Crippen molar-refractivity contribution in [1.29, 1.82) is 5.26 Å². The number of hydrogen-bond donors (Lipinski definition) is 0. The molecule has 104 valence electrons. The molecule has 2 aromatic rings. The van der Waals surface area contributed by atoms with Crippen molar-refractivity contribution in [2.45, 2.75) is 0 Å². The molecule has 21 heavy (non-hydrogen) atoms. The highest BCUT2D eigenvalue weighted by Gasteiger charge is 2.03. The van der Waals surface area contributed by atoms with Crippen LogP contribution in [0, 0.1) is 17.1 Å². The third-order valence-electron chi connectivity index (χ3n) is 2.54. The molecule has 0 aromatic heterocycles. The Morgan fingerprint density at radius 1 is 1.29 bits per heavy atom. The van der Waals surface area contributed by atoms with Gasteiger partial charge in [0.2, 0.25) is 0 Å². The summed E-state index contributed by atoms with van der Waals surface area (Å²) in [7, 11) is 0. The van der Waals surface area contributed by atoms with Crippen molar-refractivity contribution in [3.8, 4) is 11.8 Å². The van der Waals surface area contributed by atoms with Crippen molar-refractivity contribution in [3.63, 3.8) is 0 Å². The number of hydrogen-bond acceptors (Lipinski definition) is 3. The molecular weight excluding hydrogens is 337 g/mol. The molecule has 2 aromatic carbocycles. The number of carbonyl (C=O) groups excluding carboxylic acids is 1. The second-order valence-electron chi connectivity index (χ2n) is 4.06. The summed E-state index contributed by atoms with van der Waals surface area (Å²) in [6.45, 7) is 0. The van der Waals surface area contributed by atoms with Gasteiger partial charge in [0, 0.05) is 16.1 Å². The Bertz CT molecular complexity index is 750. The first-order valence-corrected chi connectivity index (χ1v) is 6.73. The van der Waals surface area contributed by atoms with Crippen LogP contribution in [-0.2, 0) is 4.79 Å². The summed E-state index contributed by atoms with van der Waals surface area (Å²) in [5, 5.41) is 8.75. The van der Waals surface area contributed by atoms with E-state index in [4.69, 9.17) is 10.00 Å². The fourth-order valence-electron chi connectivity index (χ4n) is 1.58. The maximum Gasteiger partial charge on any atom is 0.336 e. The molecule has 0 aliphatic carbocycles. The van der Waals surface area contributed by atoms with Gasteiger partial charge in [-0.2, -0.15) is 5.26 Å². The van der Waals surface area contributed by atoms with Crippen molar-refractivity contribution in [1.82, 2.24) is 0 Å². The molecule has 0 saturated heterocycles. The Labute approximate surface area is 129 Å². The summed E-state index contributed by atoms with van der Waals surface area (Å²) in [6.07, 6.45) is 2.46. The van der Waals surface area contributed by atoms with Gasteiger partial charge in [-0.15, -0.1) is 0 Å². The van der Waals surface area contributed by atoms with Crippen LogP contribution in [-0.4, -0.2) is 5.97 Å². The average molecular weight is 346 g/mol. The van der Waals surface area contributed by atoms with E-state index >= 15 is 0 Å². The Kier molecular flexibility index (Phi) is 4.85. The van der Waals surface area contributed by atoms with Gasteiger partial charge < -0.3 is 4.74 Å². The maximum absolute atomic E-state index is 13.5. The summed E-state index contributed by atoms with van der Waals surface area (Å²) in [5.41, 5.74) is 0.661. The predicted molar refractivity (Wildman–Crippen MR) is 79.9 cm³/mol. The molecule has 0 unspecified atom stereocenters. The van der Waals surface area contributed by atoms with E-state index < -0.39 is 11.8 Å². The van der Waals surface area contributed by atoms with Crippen molar-refractivity contribution in [2.24, 2.45) is 0 Å². The molecule has 0 fully saturated rings. The number of rotatable bonds is 3. The molecule has 0 amide bonds. The smallest absolute Gasteiger partial charge is 0.336 e. The lowest BCUT2D eigenvalue weighted by molar-refractivity contribution is -0.128. The van der Waals surface area contributed by atoms with E-state index in [0.717, 1.165) is 6.08 Å². The highest BCUT2D eigenvalue weighted by atomic mass is 79.9. The fourth-order valence-corrected chi connectivity index (χ4v) is 1.96. The molecule has 0 saturated carbocycles. The lowest BCUT2D eigenvalue weighted by Gasteiger charge is -2.01. The van der Waals surface area contributed by atoms with E-state index in [-0.39, 0.29) is 11.3 Å². The zero-order valence-electron chi connectivity index (χ0n) is 10.7. The van der Waals surface area contributed by atoms with E-state index in [2.05, 4.69) is 15.9 Å². The van der Waals surface area contributed by atoms with E-state index in [1.807, 2.05) is 6.07 Å². The first-order valence-electron chi connectivity index (χ1n) is 5.93. The van der Waals surface area contributed by atoms with Gasteiger partial charge in [0.05, 0.1) is 11.6 Å². The fraction of sp³-hybridized carbons (Fsp3) is 0. The lowest BCUT2D eigenvalue weighted by Crippen LogP contribution is -2.03. The van der Waals surface area contributed by atoms with E-state index in [1.165, 1.54) is 18.2 Å². The molecule has 0 spiro atoms. The molecular formula is C16H9BrFNO2. The van der Waals surface area contributed by atoms with Crippen molar-refractivity contribution >= 4 is 28.0 Å². The highest BCUT2D eigenvalue weighted by molar-refractivity contribution is 9.10. The number of benzene rings is 2. The number of ether oxygens (including phenoxy) is 1. The monoisotopic (exact) mass is 345 g/mol. The highest BCUT2D eigenvalue weighted by Crippen LogP contribution is 2.17. The van der Waals surface area contributed by atoms with Crippen LogP contribution in [0.25, 0.3) is 6.08 Å². The largest absolute Gasteiger partial charge is 0.423 e. The van der Waals surface area contributed by atoms with Crippen LogP contribution in [0.5, 0.6) is 5.75 Å². The zero-order chi connectivity index (χ0) is 15.2. The molecule has 2 rings (SSSR count). The number of esters is 1.